The fraction of sp³-hybridized carbons (Fsp3) is 0.480. The number of amides is 1. The van der Waals surface area contributed by atoms with Crippen LogP contribution in [0.3, 0.4) is 0 Å². The summed E-state index contributed by atoms with van der Waals surface area (Å²) in [5, 5.41) is 3.19. The van der Waals surface area contributed by atoms with E-state index in [1.807, 2.05) is 7.05 Å². The van der Waals surface area contributed by atoms with Crippen molar-refractivity contribution in [2.75, 3.05) is 20.1 Å². The Labute approximate surface area is 184 Å². The first-order valence-electron chi connectivity index (χ1n) is 11.3. The first kappa shape index (κ1) is 21.8. The quantitative estimate of drug-likeness (QED) is 0.737. The summed E-state index contributed by atoms with van der Waals surface area (Å²) in [6.07, 6.45) is 6.33. The molecule has 3 N–H and O–H groups in total. The van der Waals surface area contributed by atoms with Crippen LogP contribution >= 0.6 is 0 Å². The van der Waals surface area contributed by atoms with Gasteiger partial charge in [-0.25, -0.2) is 0 Å². The Morgan fingerprint density at radius 2 is 1.81 bits per heavy atom. The monoisotopic (exact) mass is 423 g/mol. The number of hydrogen-bond acceptors (Lipinski definition) is 5. The van der Waals surface area contributed by atoms with Crippen molar-refractivity contribution in [1.29, 1.82) is 0 Å². The zero-order valence-corrected chi connectivity index (χ0v) is 18.3. The van der Waals surface area contributed by atoms with Crippen molar-refractivity contribution in [3.8, 4) is 16.9 Å². The Balaban J connectivity index is 0.000000730. The number of ether oxygens (including phenoxy) is 2. The van der Waals surface area contributed by atoms with Crippen LogP contribution in [0.1, 0.15) is 43.2 Å². The molecule has 1 spiro atoms. The largest absolute Gasteiger partial charge is 0.462 e. The average molecular weight is 424 g/mol. The van der Waals surface area contributed by atoms with Gasteiger partial charge in [-0.05, 0) is 48.7 Å². The molecule has 2 fully saturated rings. The number of piperidine rings is 1. The van der Waals surface area contributed by atoms with Crippen molar-refractivity contribution >= 4 is 6.41 Å². The van der Waals surface area contributed by atoms with Gasteiger partial charge in [0.25, 0.3) is 0 Å². The van der Waals surface area contributed by atoms with E-state index in [9.17, 15) is 0 Å². The van der Waals surface area contributed by atoms with E-state index in [-0.39, 0.29) is 6.41 Å². The van der Waals surface area contributed by atoms with E-state index in [1.54, 1.807) is 0 Å². The number of rotatable bonds is 4. The Hall–Kier alpha value is -2.41. The number of nitrogens with one attached hydrogen (secondary N) is 1. The van der Waals surface area contributed by atoms with Crippen LogP contribution in [0.2, 0.25) is 0 Å². The summed E-state index contributed by atoms with van der Waals surface area (Å²) in [6.45, 7) is 3.73. The van der Waals surface area contributed by atoms with Crippen molar-refractivity contribution in [3.63, 3.8) is 0 Å². The van der Waals surface area contributed by atoms with Crippen LogP contribution in [0.25, 0.3) is 11.1 Å². The topological polar surface area (TPSA) is 76.8 Å². The lowest BCUT2D eigenvalue weighted by Gasteiger charge is -2.47. The number of hydrogen-bond donors (Lipinski definition) is 2. The summed E-state index contributed by atoms with van der Waals surface area (Å²) in [5.74, 6) is 0.586. The molecule has 1 aliphatic carbocycles. The number of fused-ring (bicyclic) bond motifs is 1. The summed E-state index contributed by atoms with van der Waals surface area (Å²) in [5.41, 5.74) is 9.07. The molecule has 1 amide bonds. The summed E-state index contributed by atoms with van der Waals surface area (Å²) >= 11 is 0. The minimum absolute atomic E-state index is 0.250. The smallest absolute Gasteiger partial charge is 0.213 e. The van der Waals surface area contributed by atoms with Gasteiger partial charge in [0.1, 0.15) is 5.75 Å². The predicted octanol–water partition coefficient (Wildman–Crippen LogP) is 3.43. The minimum Gasteiger partial charge on any atom is -0.462 e. The van der Waals surface area contributed by atoms with Gasteiger partial charge in [-0.15, -0.1) is 0 Å². The normalized spacial score (nSPS) is 20.0. The molecular weight excluding hydrogens is 390 g/mol. The Kier molecular flexibility index (Phi) is 6.90. The average Bonchev–Trinajstić information content (AvgIpc) is 2.75. The van der Waals surface area contributed by atoms with Gasteiger partial charge >= 0.3 is 0 Å². The lowest BCUT2D eigenvalue weighted by atomic mass is 9.89. The fourth-order valence-corrected chi connectivity index (χ4v) is 4.66. The maximum absolute atomic E-state index is 8.58. The second kappa shape index (κ2) is 9.81. The second-order valence-corrected chi connectivity index (χ2v) is 8.61. The van der Waals surface area contributed by atoms with E-state index >= 15 is 0 Å². The molecule has 2 aliphatic heterocycles. The van der Waals surface area contributed by atoms with E-state index in [1.165, 1.54) is 36.0 Å². The molecule has 0 radical (unpaired) electrons. The van der Waals surface area contributed by atoms with Crippen LogP contribution in [0.4, 0.5) is 0 Å². The molecule has 0 atom stereocenters. The van der Waals surface area contributed by atoms with Gasteiger partial charge in [-0.2, -0.15) is 0 Å². The van der Waals surface area contributed by atoms with Crippen LogP contribution in [-0.4, -0.2) is 43.3 Å². The van der Waals surface area contributed by atoms with E-state index in [0.717, 1.165) is 49.8 Å². The first-order chi connectivity index (χ1) is 15.2. The van der Waals surface area contributed by atoms with Gasteiger partial charge in [0.15, 0.2) is 0 Å². The maximum atomic E-state index is 8.58. The molecule has 0 aromatic heterocycles. The highest BCUT2D eigenvalue weighted by atomic mass is 16.7. The second-order valence-electron chi connectivity index (χ2n) is 8.61. The van der Waals surface area contributed by atoms with Crippen LogP contribution in [0, 0.1) is 0 Å². The minimum atomic E-state index is -0.413. The van der Waals surface area contributed by atoms with Gasteiger partial charge in [0, 0.05) is 44.1 Å². The molecule has 31 heavy (non-hydrogen) atoms. The Morgan fingerprint density at radius 1 is 1.13 bits per heavy atom. The molecule has 2 aromatic rings. The molecule has 3 aliphatic rings. The lowest BCUT2D eigenvalue weighted by Crippen LogP contribution is -2.54. The number of nitrogens with zero attached hydrogens (tertiary/aromatic N) is 1. The molecule has 6 nitrogen and oxygen atoms in total. The highest BCUT2D eigenvalue weighted by molar-refractivity contribution is 5.66. The van der Waals surface area contributed by atoms with E-state index in [2.05, 4.69) is 58.4 Å². The number of nitrogens with two attached hydrogens (primary N) is 1. The van der Waals surface area contributed by atoms with Crippen molar-refractivity contribution in [1.82, 2.24) is 10.2 Å². The van der Waals surface area contributed by atoms with Crippen LogP contribution in [0.15, 0.2) is 42.5 Å². The fourth-order valence-electron chi connectivity index (χ4n) is 4.66. The van der Waals surface area contributed by atoms with Crippen LogP contribution in [-0.2, 0) is 22.7 Å². The Bertz CT molecular complexity index is 872. The molecule has 0 bridgehead atoms. The molecule has 2 aromatic carbocycles. The van der Waals surface area contributed by atoms with Crippen molar-refractivity contribution in [3.05, 3.63) is 53.6 Å². The molecule has 2 heterocycles. The van der Waals surface area contributed by atoms with Gasteiger partial charge in [-0.1, -0.05) is 36.8 Å². The molecule has 1 saturated heterocycles. The lowest BCUT2D eigenvalue weighted by molar-refractivity contribution is -0.231. The highest BCUT2D eigenvalue weighted by Crippen LogP contribution is 2.40. The third-order valence-corrected chi connectivity index (χ3v) is 6.67. The number of benzene rings is 2. The third-order valence-electron chi connectivity index (χ3n) is 6.67. The molecule has 6 heteroatoms. The summed E-state index contributed by atoms with van der Waals surface area (Å²) in [4.78, 5) is 11.2. The summed E-state index contributed by atoms with van der Waals surface area (Å²) in [7, 11) is 1.97. The van der Waals surface area contributed by atoms with Crippen LogP contribution < -0.4 is 15.8 Å². The van der Waals surface area contributed by atoms with Gasteiger partial charge in [0.2, 0.25) is 12.2 Å². The molecule has 5 rings (SSSR count). The number of likely N-dealkylation sites (tertiary alicyclic amines) is 1. The standard InChI is InChI=1S/C24H30N2O2.CH3NO/c1-25-16-18-5-7-19(8-6-18)20-9-10-23-21(15-20)17-27-24(28-23)11-13-26(14-12-24)22-3-2-4-22;2-1-3/h5-10,15,22,25H,2-4,11-14,16-17H2,1H3;1H,(H2,2,3). The number of carbonyl (C=O) groups excluding carboxylic acids is 1. The molecular formula is C25H33N3O3. The SMILES string of the molecule is CNCc1ccc(-c2ccc3c(c2)COC2(CCN(C4CCC4)CC2)O3)cc1.NC=O. The maximum Gasteiger partial charge on any atom is 0.213 e. The summed E-state index contributed by atoms with van der Waals surface area (Å²) < 4.78 is 12.7. The van der Waals surface area contributed by atoms with E-state index in [0.29, 0.717) is 6.61 Å². The highest BCUT2D eigenvalue weighted by Gasteiger charge is 2.42. The third kappa shape index (κ3) is 4.92. The van der Waals surface area contributed by atoms with Crippen molar-refractivity contribution in [2.24, 2.45) is 5.73 Å². The van der Waals surface area contributed by atoms with Crippen molar-refractivity contribution < 1.29 is 14.3 Å². The molecule has 0 unspecified atom stereocenters. The van der Waals surface area contributed by atoms with E-state index < -0.39 is 5.79 Å². The molecule has 166 valence electrons. The molecule has 1 saturated carbocycles. The number of primary amides is 1. The van der Waals surface area contributed by atoms with Gasteiger partial charge in [0.05, 0.1) is 6.61 Å². The Morgan fingerprint density at radius 3 is 2.42 bits per heavy atom. The first-order valence-corrected chi connectivity index (χ1v) is 11.3. The zero-order valence-electron chi connectivity index (χ0n) is 18.3. The predicted molar refractivity (Wildman–Crippen MR) is 121 cm³/mol. The zero-order chi connectivity index (χ0) is 21.7. The van der Waals surface area contributed by atoms with Gasteiger partial charge in [-0.3, -0.25) is 9.69 Å². The van der Waals surface area contributed by atoms with E-state index in [4.69, 9.17) is 14.3 Å². The number of carbonyl (C=O) groups is 1. The summed E-state index contributed by atoms with van der Waals surface area (Å²) in [6, 6.07) is 16.1. The van der Waals surface area contributed by atoms with Crippen LogP contribution in [0.5, 0.6) is 5.75 Å². The van der Waals surface area contributed by atoms with Gasteiger partial charge < -0.3 is 20.5 Å². The van der Waals surface area contributed by atoms with Crippen molar-refractivity contribution in [2.45, 2.75) is 57.1 Å².